The van der Waals surface area contributed by atoms with Crippen LogP contribution in [0.3, 0.4) is 0 Å². The van der Waals surface area contributed by atoms with E-state index in [4.69, 9.17) is 4.74 Å². The third kappa shape index (κ3) is 5.47. The topological polar surface area (TPSA) is 84.5 Å². The van der Waals surface area contributed by atoms with Crippen LogP contribution in [0.15, 0.2) is 29.2 Å². The molecule has 0 saturated heterocycles. The molecule has 1 aromatic carbocycles. The van der Waals surface area contributed by atoms with Gasteiger partial charge in [0.05, 0.1) is 17.4 Å². The van der Waals surface area contributed by atoms with Crippen molar-refractivity contribution in [2.24, 2.45) is 0 Å². The van der Waals surface area contributed by atoms with Crippen LogP contribution >= 0.6 is 12.4 Å². The van der Waals surface area contributed by atoms with Gasteiger partial charge in [-0.3, -0.25) is 4.79 Å². The van der Waals surface area contributed by atoms with Gasteiger partial charge in [-0.05, 0) is 43.4 Å². The minimum atomic E-state index is -3.54. The van der Waals surface area contributed by atoms with E-state index in [-0.39, 0.29) is 23.3 Å². The predicted molar refractivity (Wildman–Crippen MR) is 111 cm³/mol. The van der Waals surface area contributed by atoms with Crippen LogP contribution in [0.4, 0.5) is 0 Å². The number of carbonyl (C=O) groups excluding carboxylic acids is 1. The van der Waals surface area contributed by atoms with Crippen molar-refractivity contribution in [1.29, 1.82) is 0 Å². The fourth-order valence-corrected chi connectivity index (χ4v) is 4.94. The van der Waals surface area contributed by atoms with Crippen molar-refractivity contribution in [2.75, 3.05) is 20.2 Å². The van der Waals surface area contributed by atoms with E-state index >= 15 is 0 Å². The van der Waals surface area contributed by atoms with Gasteiger partial charge in [-0.15, -0.1) is 12.4 Å². The summed E-state index contributed by atoms with van der Waals surface area (Å²) < 4.78 is 32.5. The first-order valence-corrected chi connectivity index (χ1v) is 11.4. The van der Waals surface area contributed by atoms with Crippen LogP contribution in [-0.4, -0.2) is 40.6 Å². The van der Waals surface area contributed by atoms with E-state index < -0.39 is 15.4 Å². The summed E-state index contributed by atoms with van der Waals surface area (Å²) in [5.74, 6) is -0.249. The molecule has 6 nitrogen and oxygen atoms in total. The minimum Gasteiger partial charge on any atom is -0.468 e. The lowest BCUT2D eigenvalue weighted by atomic mass is 9.96. The van der Waals surface area contributed by atoms with E-state index in [9.17, 15) is 13.2 Å². The summed E-state index contributed by atoms with van der Waals surface area (Å²) >= 11 is 0. The molecule has 0 unspecified atom stereocenters. The zero-order chi connectivity index (χ0) is 19.3. The van der Waals surface area contributed by atoms with E-state index in [1.54, 1.807) is 24.3 Å². The number of carbonyl (C=O) groups is 1. The Hall–Kier alpha value is -1.15. The van der Waals surface area contributed by atoms with Gasteiger partial charge >= 0.3 is 5.97 Å². The van der Waals surface area contributed by atoms with Crippen LogP contribution in [0, 0.1) is 0 Å². The normalized spacial score (nSPS) is 19.3. The number of rotatable bonds is 8. The van der Waals surface area contributed by atoms with Crippen molar-refractivity contribution in [3.8, 4) is 0 Å². The molecule has 1 aromatic rings. The van der Waals surface area contributed by atoms with E-state index in [2.05, 4.69) is 10.0 Å². The molecule has 0 bridgehead atoms. The Kier molecular flexibility index (Phi) is 8.30. The van der Waals surface area contributed by atoms with Gasteiger partial charge in [-0.25, -0.2) is 13.1 Å². The number of sulfonamides is 1. The number of hydrogen-bond acceptors (Lipinski definition) is 5. The molecule has 0 heterocycles. The first-order valence-electron chi connectivity index (χ1n) is 9.90. The number of benzene rings is 1. The van der Waals surface area contributed by atoms with Gasteiger partial charge < -0.3 is 10.1 Å². The number of methoxy groups -OCH3 is 1. The molecular weight excluding hydrogens is 400 g/mol. The molecule has 0 amide bonds. The van der Waals surface area contributed by atoms with Crippen LogP contribution in [0.1, 0.15) is 56.9 Å². The standard InChI is InChI=1S/C20H30N2O4S.ClH/c1-26-19(23)20(12-13-20)16-8-10-18(11-9-16)27(24,25)22-15-14-21-17-6-4-2-3-5-7-17;/h8-11,17,21-22H,2-7,12-15H2,1H3;1H. The first kappa shape index (κ1) is 23.1. The molecule has 2 aliphatic rings. The maximum atomic E-state index is 12.5. The summed E-state index contributed by atoms with van der Waals surface area (Å²) in [6.07, 6.45) is 8.96. The Balaban J connectivity index is 0.00000280. The van der Waals surface area contributed by atoms with E-state index in [1.807, 2.05) is 0 Å². The lowest BCUT2D eigenvalue weighted by molar-refractivity contribution is -0.143. The van der Waals surface area contributed by atoms with Gasteiger partial charge in [0.25, 0.3) is 0 Å². The number of esters is 1. The smallest absolute Gasteiger partial charge is 0.316 e. The number of hydrogen-bond donors (Lipinski definition) is 2. The van der Waals surface area contributed by atoms with Gasteiger partial charge in [0.2, 0.25) is 10.0 Å². The Morgan fingerprint density at radius 1 is 1.07 bits per heavy atom. The predicted octanol–water partition coefficient (Wildman–Crippen LogP) is 2.90. The van der Waals surface area contributed by atoms with Gasteiger partial charge in [-0.1, -0.05) is 37.8 Å². The lowest BCUT2D eigenvalue weighted by Gasteiger charge is -2.16. The number of halogens is 1. The Morgan fingerprint density at radius 3 is 2.21 bits per heavy atom. The Morgan fingerprint density at radius 2 is 1.68 bits per heavy atom. The van der Waals surface area contributed by atoms with Crippen molar-refractivity contribution in [1.82, 2.24) is 10.0 Å². The van der Waals surface area contributed by atoms with E-state index in [0.29, 0.717) is 19.1 Å². The Bertz CT molecular complexity index is 740. The molecule has 2 aliphatic carbocycles. The van der Waals surface area contributed by atoms with Crippen LogP contribution in [0.5, 0.6) is 0 Å². The molecule has 8 heteroatoms. The highest BCUT2D eigenvalue weighted by Crippen LogP contribution is 2.49. The highest BCUT2D eigenvalue weighted by Gasteiger charge is 2.52. The maximum absolute atomic E-state index is 12.5. The quantitative estimate of drug-likeness (QED) is 0.376. The molecule has 3 rings (SSSR count). The van der Waals surface area contributed by atoms with E-state index in [1.165, 1.54) is 45.6 Å². The highest BCUT2D eigenvalue weighted by molar-refractivity contribution is 7.89. The van der Waals surface area contributed by atoms with Crippen molar-refractivity contribution >= 4 is 28.4 Å². The van der Waals surface area contributed by atoms with Crippen molar-refractivity contribution < 1.29 is 17.9 Å². The minimum absolute atomic E-state index is 0. The summed E-state index contributed by atoms with van der Waals surface area (Å²) in [5, 5.41) is 3.46. The molecule has 2 fully saturated rings. The number of ether oxygens (including phenoxy) is 1. The van der Waals surface area contributed by atoms with Crippen molar-refractivity contribution in [3.05, 3.63) is 29.8 Å². The number of nitrogens with one attached hydrogen (secondary N) is 2. The van der Waals surface area contributed by atoms with Crippen LogP contribution in [-0.2, 0) is 25.0 Å². The first-order chi connectivity index (χ1) is 13.0. The molecule has 2 saturated carbocycles. The molecule has 0 atom stereocenters. The maximum Gasteiger partial charge on any atom is 0.316 e. The molecule has 2 N–H and O–H groups in total. The SMILES string of the molecule is COC(=O)C1(c2ccc(S(=O)(=O)NCCNC3CCCCCC3)cc2)CC1.Cl. The zero-order valence-corrected chi connectivity index (χ0v) is 18.0. The monoisotopic (exact) mass is 430 g/mol. The third-order valence-electron chi connectivity index (χ3n) is 5.75. The summed E-state index contributed by atoms with van der Waals surface area (Å²) in [5.41, 5.74) is 0.246. The molecule has 0 aromatic heterocycles. The second-order valence-corrected chi connectivity index (χ2v) is 9.41. The van der Waals surface area contributed by atoms with Crippen LogP contribution in [0.2, 0.25) is 0 Å². The lowest BCUT2D eigenvalue weighted by Crippen LogP contribution is -2.36. The molecule has 0 aliphatic heterocycles. The van der Waals surface area contributed by atoms with Gasteiger partial charge in [0.15, 0.2) is 0 Å². The van der Waals surface area contributed by atoms with Crippen LogP contribution in [0.25, 0.3) is 0 Å². The van der Waals surface area contributed by atoms with Crippen LogP contribution < -0.4 is 10.0 Å². The summed E-state index contributed by atoms with van der Waals surface area (Å²) in [4.78, 5) is 12.2. The summed E-state index contributed by atoms with van der Waals surface area (Å²) in [7, 11) is -2.16. The average molecular weight is 431 g/mol. The highest BCUT2D eigenvalue weighted by atomic mass is 35.5. The van der Waals surface area contributed by atoms with E-state index in [0.717, 1.165) is 18.4 Å². The Labute approximate surface area is 174 Å². The van der Waals surface area contributed by atoms with Crippen molar-refractivity contribution in [2.45, 2.75) is 67.7 Å². The fraction of sp³-hybridized carbons (Fsp3) is 0.650. The summed E-state index contributed by atoms with van der Waals surface area (Å²) in [6, 6.07) is 7.09. The molecule has 158 valence electrons. The third-order valence-corrected chi connectivity index (χ3v) is 7.23. The molecule has 0 spiro atoms. The van der Waals surface area contributed by atoms with Gasteiger partial charge in [-0.2, -0.15) is 0 Å². The summed E-state index contributed by atoms with van der Waals surface area (Å²) in [6.45, 7) is 1.00. The molecule has 0 radical (unpaired) electrons. The zero-order valence-electron chi connectivity index (χ0n) is 16.4. The second kappa shape index (κ2) is 10.1. The van der Waals surface area contributed by atoms with Gasteiger partial charge in [0, 0.05) is 19.1 Å². The largest absolute Gasteiger partial charge is 0.468 e. The average Bonchev–Trinajstić information content (AvgIpc) is 3.50. The fourth-order valence-electron chi connectivity index (χ4n) is 3.91. The second-order valence-electron chi connectivity index (χ2n) is 7.64. The molecular formula is C20H31ClN2O4S. The molecule has 28 heavy (non-hydrogen) atoms. The van der Waals surface area contributed by atoms with Crippen molar-refractivity contribution in [3.63, 3.8) is 0 Å². The van der Waals surface area contributed by atoms with Gasteiger partial charge in [0.1, 0.15) is 0 Å².